The van der Waals surface area contributed by atoms with Crippen LogP contribution in [0.2, 0.25) is 0 Å². The largest absolute Gasteiger partial charge is 0.479 e. The summed E-state index contributed by atoms with van der Waals surface area (Å²) in [5, 5.41) is 8.73. The maximum atomic E-state index is 10.6. The third-order valence-corrected chi connectivity index (χ3v) is 2.55. The molecule has 2 atom stereocenters. The van der Waals surface area contributed by atoms with Crippen molar-refractivity contribution < 1.29 is 19.4 Å². The predicted octanol–water partition coefficient (Wildman–Crippen LogP) is 1.36. The molecule has 4 heteroatoms. The normalized spacial score (nSPS) is 24.6. The molecular weight excluding hydrogens is 208 g/mol. The van der Waals surface area contributed by atoms with Gasteiger partial charge in [0.25, 0.3) is 0 Å². The lowest BCUT2D eigenvalue weighted by atomic mass is 10.1. The molecular formula is C12H14O4. The fraction of sp³-hybridized carbons (Fsp3) is 0.417. The molecule has 1 saturated heterocycles. The van der Waals surface area contributed by atoms with Crippen LogP contribution in [-0.4, -0.2) is 30.1 Å². The van der Waals surface area contributed by atoms with E-state index in [0.29, 0.717) is 6.42 Å². The number of benzene rings is 1. The summed E-state index contributed by atoms with van der Waals surface area (Å²) >= 11 is 0. The number of aliphatic carboxylic acids is 1. The smallest absolute Gasteiger partial charge is 0.335 e. The zero-order valence-corrected chi connectivity index (χ0v) is 9.05. The van der Waals surface area contributed by atoms with Crippen molar-refractivity contribution in [1.82, 2.24) is 0 Å². The van der Waals surface area contributed by atoms with E-state index in [1.54, 1.807) is 0 Å². The second kappa shape index (κ2) is 4.63. The van der Waals surface area contributed by atoms with Gasteiger partial charge < -0.3 is 14.6 Å². The monoisotopic (exact) mass is 222 g/mol. The molecule has 0 radical (unpaired) electrons. The Kier molecular flexibility index (Phi) is 3.22. The summed E-state index contributed by atoms with van der Waals surface area (Å²) in [6, 6.07) is 8.02. The van der Waals surface area contributed by atoms with Crippen LogP contribution in [0, 0.1) is 6.92 Å². The molecule has 0 amide bonds. The van der Waals surface area contributed by atoms with Gasteiger partial charge in [0.1, 0.15) is 0 Å². The molecule has 0 saturated carbocycles. The molecule has 0 aliphatic carbocycles. The second-order valence-corrected chi connectivity index (χ2v) is 3.92. The first-order valence-electron chi connectivity index (χ1n) is 5.20. The second-order valence-electron chi connectivity index (χ2n) is 3.92. The van der Waals surface area contributed by atoms with E-state index in [-0.39, 0.29) is 6.61 Å². The maximum absolute atomic E-state index is 10.6. The fourth-order valence-electron chi connectivity index (χ4n) is 1.61. The molecule has 0 spiro atoms. The van der Waals surface area contributed by atoms with Crippen molar-refractivity contribution in [3.05, 3.63) is 35.4 Å². The van der Waals surface area contributed by atoms with Gasteiger partial charge in [-0.15, -0.1) is 0 Å². The highest BCUT2D eigenvalue weighted by Crippen LogP contribution is 2.16. The number of carboxylic acid groups (broad SMARTS) is 1. The van der Waals surface area contributed by atoms with E-state index in [0.717, 1.165) is 5.56 Å². The zero-order chi connectivity index (χ0) is 11.5. The van der Waals surface area contributed by atoms with Gasteiger partial charge in [-0.2, -0.15) is 0 Å². The third kappa shape index (κ3) is 2.59. The lowest BCUT2D eigenvalue weighted by molar-refractivity contribution is -0.150. The topological polar surface area (TPSA) is 55.8 Å². The molecule has 1 aliphatic heterocycles. The van der Waals surface area contributed by atoms with E-state index in [9.17, 15) is 4.79 Å². The molecule has 1 N–H and O–H groups in total. The van der Waals surface area contributed by atoms with Gasteiger partial charge >= 0.3 is 5.97 Å². The van der Waals surface area contributed by atoms with Crippen molar-refractivity contribution in [2.75, 3.05) is 6.61 Å². The first-order valence-corrected chi connectivity index (χ1v) is 5.20. The van der Waals surface area contributed by atoms with Crippen molar-refractivity contribution in [2.45, 2.75) is 25.7 Å². The molecule has 1 heterocycles. The van der Waals surface area contributed by atoms with Crippen LogP contribution in [-0.2, 0) is 20.7 Å². The molecule has 0 aromatic heterocycles. The minimum atomic E-state index is -0.966. The molecule has 1 aromatic rings. The number of carbonyl (C=O) groups is 1. The predicted molar refractivity (Wildman–Crippen MR) is 57.1 cm³/mol. The number of carboxylic acids is 1. The van der Waals surface area contributed by atoms with Crippen molar-refractivity contribution in [3.63, 3.8) is 0 Å². The van der Waals surface area contributed by atoms with Crippen LogP contribution >= 0.6 is 0 Å². The van der Waals surface area contributed by atoms with E-state index in [4.69, 9.17) is 14.6 Å². The molecule has 16 heavy (non-hydrogen) atoms. The van der Waals surface area contributed by atoms with Crippen LogP contribution in [0.4, 0.5) is 0 Å². The lowest BCUT2D eigenvalue weighted by Gasteiger charge is -2.09. The summed E-state index contributed by atoms with van der Waals surface area (Å²) in [6.45, 7) is 2.15. The molecule has 4 nitrogen and oxygen atoms in total. The molecule has 2 rings (SSSR count). The zero-order valence-electron chi connectivity index (χ0n) is 9.05. The Morgan fingerprint density at radius 3 is 2.69 bits per heavy atom. The minimum Gasteiger partial charge on any atom is -0.479 e. The van der Waals surface area contributed by atoms with E-state index < -0.39 is 18.4 Å². The van der Waals surface area contributed by atoms with Crippen molar-refractivity contribution in [1.29, 1.82) is 0 Å². The Morgan fingerprint density at radius 2 is 2.12 bits per heavy atom. The van der Waals surface area contributed by atoms with Crippen molar-refractivity contribution in [3.8, 4) is 0 Å². The Balaban J connectivity index is 1.92. The summed E-state index contributed by atoms with van der Waals surface area (Å²) in [6.07, 6.45) is -0.677. The molecule has 1 aliphatic rings. The number of aryl methyl sites for hydroxylation is 1. The maximum Gasteiger partial charge on any atom is 0.335 e. The van der Waals surface area contributed by atoms with E-state index in [1.807, 2.05) is 31.2 Å². The number of hydrogen-bond donors (Lipinski definition) is 1. The Hall–Kier alpha value is -1.39. The van der Waals surface area contributed by atoms with Crippen LogP contribution < -0.4 is 0 Å². The average molecular weight is 222 g/mol. The van der Waals surface area contributed by atoms with Crippen molar-refractivity contribution >= 4 is 5.97 Å². The van der Waals surface area contributed by atoms with Gasteiger partial charge in [-0.05, 0) is 12.5 Å². The highest BCUT2D eigenvalue weighted by Gasteiger charge is 2.31. The average Bonchev–Trinajstić information content (AvgIpc) is 2.70. The lowest BCUT2D eigenvalue weighted by Crippen LogP contribution is -2.23. The van der Waals surface area contributed by atoms with Crippen molar-refractivity contribution in [2.24, 2.45) is 0 Å². The van der Waals surface area contributed by atoms with Crippen LogP contribution in [0.1, 0.15) is 11.1 Å². The van der Waals surface area contributed by atoms with E-state index in [1.165, 1.54) is 5.56 Å². The van der Waals surface area contributed by atoms with Crippen LogP contribution in [0.15, 0.2) is 24.3 Å². The van der Waals surface area contributed by atoms with Gasteiger partial charge in [-0.1, -0.05) is 29.8 Å². The summed E-state index contributed by atoms with van der Waals surface area (Å²) in [5.41, 5.74) is 2.28. The van der Waals surface area contributed by atoms with Gasteiger partial charge in [0, 0.05) is 6.42 Å². The standard InChI is InChI=1S/C12H14O4/c1-8-2-4-9(5-3-8)6-11-15-7-10(16-11)12(13)14/h2-5,10-11H,6-7H2,1H3,(H,13,14). The first kappa shape index (κ1) is 11.1. The number of rotatable bonds is 3. The highest BCUT2D eigenvalue weighted by molar-refractivity contribution is 5.72. The SMILES string of the molecule is Cc1ccc(CC2OCC(C(=O)O)O2)cc1. The Bertz CT molecular complexity index is 371. The molecule has 0 bridgehead atoms. The molecule has 2 unspecified atom stereocenters. The molecule has 86 valence electrons. The van der Waals surface area contributed by atoms with E-state index in [2.05, 4.69) is 0 Å². The third-order valence-electron chi connectivity index (χ3n) is 2.55. The summed E-state index contributed by atoms with van der Waals surface area (Å²) in [4.78, 5) is 10.6. The summed E-state index contributed by atoms with van der Waals surface area (Å²) in [5.74, 6) is -0.966. The van der Waals surface area contributed by atoms with Gasteiger partial charge in [0.15, 0.2) is 12.4 Å². The molecule has 1 fully saturated rings. The van der Waals surface area contributed by atoms with Gasteiger partial charge in [0.2, 0.25) is 0 Å². The minimum absolute atomic E-state index is 0.131. The highest BCUT2D eigenvalue weighted by atomic mass is 16.7. The number of ether oxygens (including phenoxy) is 2. The van der Waals surface area contributed by atoms with Gasteiger partial charge in [0.05, 0.1) is 6.61 Å². The van der Waals surface area contributed by atoms with Crippen LogP contribution in [0.25, 0.3) is 0 Å². The Labute approximate surface area is 93.8 Å². The fourth-order valence-corrected chi connectivity index (χ4v) is 1.61. The van der Waals surface area contributed by atoms with Crippen LogP contribution in [0.5, 0.6) is 0 Å². The molecule has 1 aromatic carbocycles. The van der Waals surface area contributed by atoms with Gasteiger partial charge in [-0.25, -0.2) is 4.79 Å². The van der Waals surface area contributed by atoms with Gasteiger partial charge in [-0.3, -0.25) is 0 Å². The number of hydrogen-bond acceptors (Lipinski definition) is 3. The first-order chi connectivity index (χ1) is 7.65. The quantitative estimate of drug-likeness (QED) is 0.839. The Morgan fingerprint density at radius 1 is 1.44 bits per heavy atom. The summed E-state index contributed by atoms with van der Waals surface area (Å²) < 4.78 is 10.5. The van der Waals surface area contributed by atoms with Crippen LogP contribution in [0.3, 0.4) is 0 Å². The summed E-state index contributed by atoms with van der Waals surface area (Å²) in [7, 11) is 0. The van der Waals surface area contributed by atoms with E-state index >= 15 is 0 Å².